The molecule has 152 valence electrons. The van der Waals surface area contributed by atoms with Crippen molar-refractivity contribution < 1.29 is 22.7 Å². The zero-order chi connectivity index (χ0) is 20.8. The number of ether oxygens (including phenoxy) is 2. The van der Waals surface area contributed by atoms with Gasteiger partial charge in [0.1, 0.15) is 11.5 Å². The molecule has 2 N–H and O–H groups in total. The predicted molar refractivity (Wildman–Crippen MR) is 108 cm³/mol. The molecule has 0 bridgehead atoms. The lowest BCUT2D eigenvalue weighted by atomic mass is 10.1. The van der Waals surface area contributed by atoms with Crippen LogP contribution < -0.4 is 19.5 Å². The van der Waals surface area contributed by atoms with E-state index >= 15 is 0 Å². The molecule has 0 fully saturated rings. The molecule has 0 aliphatic carbocycles. The quantitative estimate of drug-likeness (QED) is 0.702. The lowest BCUT2D eigenvalue weighted by Gasteiger charge is -2.20. The van der Waals surface area contributed by atoms with Crippen LogP contribution in [0.3, 0.4) is 0 Å². The van der Waals surface area contributed by atoms with Gasteiger partial charge in [-0.1, -0.05) is 12.1 Å². The maximum absolute atomic E-state index is 12.3. The molecule has 2 aromatic carbocycles. The molecular weight excluding hydrogens is 380 g/mol. The van der Waals surface area contributed by atoms with E-state index in [1.54, 1.807) is 39.0 Å². The molecule has 8 heteroatoms. The molecule has 2 aromatic rings. The number of carbonyl (C=O) groups is 1. The molecule has 2 rings (SSSR count). The summed E-state index contributed by atoms with van der Waals surface area (Å²) in [5.41, 5.74) is -0.0169. The maximum Gasteiger partial charge on any atom is 0.262 e. The first-order valence-corrected chi connectivity index (χ1v) is 10.4. The van der Waals surface area contributed by atoms with Crippen molar-refractivity contribution in [2.24, 2.45) is 0 Å². The van der Waals surface area contributed by atoms with Gasteiger partial charge < -0.3 is 14.8 Å². The van der Waals surface area contributed by atoms with E-state index < -0.39 is 15.6 Å². The first-order chi connectivity index (χ1) is 13.1. The average molecular weight is 407 g/mol. The molecular formula is C20H26N2O5S. The highest BCUT2D eigenvalue weighted by Crippen LogP contribution is 2.23. The van der Waals surface area contributed by atoms with Gasteiger partial charge in [0, 0.05) is 5.54 Å². The Kier molecular flexibility index (Phi) is 7.04. The second-order valence-corrected chi connectivity index (χ2v) is 8.78. The Bertz CT molecular complexity index is 903. The second kappa shape index (κ2) is 9.07. The number of benzene rings is 2. The van der Waals surface area contributed by atoms with Gasteiger partial charge in [-0.05, 0) is 64.1 Å². The number of carbonyl (C=O) groups excluding carboxylic acids is 1. The number of nitrogens with one attached hydrogen (secondary N) is 2. The van der Waals surface area contributed by atoms with E-state index in [4.69, 9.17) is 9.47 Å². The summed E-state index contributed by atoms with van der Waals surface area (Å²) in [4.78, 5) is 12.3. The summed E-state index contributed by atoms with van der Waals surface area (Å²) >= 11 is 0. The van der Waals surface area contributed by atoms with Crippen molar-refractivity contribution in [3.05, 3.63) is 48.5 Å². The Morgan fingerprint density at radius 3 is 2.25 bits per heavy atom. The van der Waals surface area contributed by atoms with Gasteiger partial charge in [-0.2, -0.15) is 0 Å². The van der Waals surface area contributed by atoms with Crippen LogP contribution in [0.25, 0.3) is 0 Å². The minimum Gasteiger partial charge on any atom is -0.492 e. The fourth-order valence-corrected chi connectivity index (χ4v) is 3.78. The van der Waals surface area contributed by atoms with Gasteiger partial charge in [0.15, 0.2) is 6.61 Å². The molecule has 1 amide bonds. The Labute approximate surface area is 166 Å². The SMILES string of the molecule is CCOc1ccccc1NC(=O)COc1ccc(S(=O)(=O)NC(C)(C)C)cc1. The number of amides is 1. The van der Waals surface area contributed by atoms with Crippen LogP contribution in [0.2, 0.25) is 0 Å². The smallest absolute Gasteiger partial charge is 0.262 e. The van der Waals surface area contributed by atoms with Crippen LogP contribution in [-0.2, 0) is 14.8 Å². The third-order valence-electron chi connectivity index (χ3n) is 3.41. The van der Waals surface area contributed by atoms with Crippen molar-refractivity contribution in [1.82, 2.24) is 4.72 Å². The van der Waals surface area contributed by atoms with Gasteiger partial charge in [0.25, 0.3) is 5.91 Å². The molecule has 0 spiro atoms. The number of sulfonamides is 1. The van der Waals surface area contributed by atoms with E-state index in [0.29, 0.717) is 23.8 Å². The monoisotopic (exact) mass is 406 g/mol. The summed E-state index contributed by atoms with van der Waals surface area (Å²) in [6, 6.07) is 13.0. The van der Waals surface area contributed by atoms with Gasteiger partial charge in [-0.25, -0.2) is 13.1 Å². The van der Waals surface area contributed by atoms with Crippen LogP contribution in [0.5, 0.6) is 11.5 Å². The van der Waals surface area contributed by atoms with Gasteiger partial charge in [-0.3, -0.25) is 4.79 Å². The average Bonchev–Trinajstić information content (AvgIpc) is 2.60. The fourth-order valence-electron chi connectivity index (χ4n) is 2.36. The predicted octanol–water partition coefficient (Wildman–Crippen LogP) is 3.18. The second-order valence-electron chi connectivity index (χ2n) is 7.09. The first kappa shape index (κ1) is 21.7. The zero-order valence-corrected chi connectivity index (χ0v) is 17.3. The van der Waals surface area contributed by atoms with E-state index in [2.05, 4.69) is 10.0 Å². The zero-order valence-electron chi connectivity index (χ0n) is 16.5. The third-order valence-corrected chi connectivity index (χ3v) is 5.18. The molecule has 0 atom stereocenters. The Hall–Kier alpha value is -2.58. The normalized spacial score (nSPS) is 11.7. The van der Waals surface area contributed by atoms with E-state index in [1.165, 1.54) is 24.3 Å². The molecule has 0 radical (unpaired) electrons. The largest absolute Gasteiger partial charge is 0.492 e. The number of rotatable bonds is 8. The first-order valence-electron chi connectivity index (χ1n) is 8.89. The molecule has 28 heavy (non-hydrogen) atoms. The minimum absolute atomic E-state index is 0.130. The molecule has 0 aliphatic rings. The molecule has 7 nitrogen and oxygen atoms in total. The van der Waals surface area contributed by atoms with Crippen LogP contribution in [-0.4, -0.2) is 33.1 Å². The van der Waals surface area contributed by atoms with Gasteiger partial charge in [0.05, 0.1) is 17.2 Å². The van der Waals surface area contributed by atoms with Crippen molar-refractivity contribution in [2.45, 2.75) is 38.1 Å². The summed E-state index contributed by atoms with van der Waals surface area (Å²) in [7, 11) is -3.62. The van der Waals surface area contributed by atoms with Crippen molar-refractivity contribution in [1.29, 1.82) is 0 Å². The van der Waals surface area contributed by atoms with Crippen molar-refractivity contribution >= 4 is 21.6 Å². The highest BCUT2D eigenvalue weighted by atomic mass is 32.2. The Morgan fingerprint density at radius 2 is 1.64 bits per heavy atom. The molecule has 0 aliphatic heterocycles. The van der Waals surface area contributed by atoms with Crippen LogP contribution in [0.15, 0.2) is 53.4 Å². The van der Waals surface area contributed by atoms with E-state index in [9.17, 15) is 13.2 Å². The van der Waals surface area contributed by atoms with E-state index in [-0.39, 0.29) is 17.4 Å². The minimum atomic E-state index is -3.62. The van der Waals surface area contributed by atoms with Crippen molar-refractivity contribution in [3.8, 4) is 11.5 Å². The topological polar surface area (TPSA) is 93.7 Å². The molecule has 0 saturated heterocycles. The summed E-state index contributed by atoms with van der Waals surface area (Å²) in [5.74, 6) is 0.625. The van der Waals surface area contributed by atoms with Gasteiger partial charge >= 0.3 is 0 Å². The van der Waals surface area contributed by atoms with Crippen LogP contribution >= 0.6 is 0 Å². The molecule has 0 saturated carbocycles. The van der Waals surface area contributed by atoms with Gasteiger partial charge in [-0.15, -0.1) is 0 Å². The summed E-state index contributed by atoms with van der Waals surface area (Å²) in [5, 5.41) is 2.73. The summed E-state index contributed by atoms with van der Waals surface area (Å²) < 4.78 is 38.1. The highest BCUT2D eigenvalue weighted by molar-refractivity contribution is 7.89. The number of para-hydroxylation sites is 2. The highest BCUT2D eigenvalue weighted by Gasteiger charge is 2.21. The van der Waals surface area contributed by atoms with Gasteiger partial charge in [0.2, 0.25) is 10.0 Å². The third kappa shape index (κ3) is 6.54. The van der Waals surface area contributed by atoms with Crippen molar-refractivity contribution in [3.63, 3.8) is 0 Å². The van der Waals surface area contributed by atoms with E-state index in [0.717, 1.165) is 0 Å². The van der Waals surface area contributed by atoms with E-state index in [1.807, 2.05) is 13.0 Å². The molecule has 0 aromatic heterocycles. The summed E-state index contributed by atoms with van der Waals surface area (Å²) in [6.07, 6.45) is 0. The Morgan fingerprint density at radius 1 is 1.00 bits per heavy atom. The van der Waals surface area contributed by atoms with Crippen LogP contribution in [0.1, 0.15) is 27.7 Å². The molecule has 0 unspecified atom stereocenters. The van der Waals surface area contributed by atoms with Crippen LogP contribution in [0, 0.1) is 0 Å². The van der Waals surface area contributed by atoms with Crippen LogP contribution in [0.4, 0.5) is 5.69 Å². The van der Waals surface area contributed by atoms with Crippen molar-refractivity contribution in [2.75, 3.05) is 18.5 Å². The molecule has 0 heterocycles. The number of hydrogen-bond donors (Lipinski definition) is 2. The maximum atomic E-state index is 12.3. The number of hydrogen-bond acceptors (Lipinski definition) is 5. The standard InChI is InChI=1S/C20H26N2O5S/c1-5-26-18-9-7-6-8-17(18)21-19(23)14-27-15-10-12-16(13-11-15)28(24,25)22-20(2,3)4/h6-13,22H,5,14H2,1-4H3,(H,21,23). The Balaban J connectivity index is 1.96. The lowest BCUT2D eigenvalue weighted by molar-refractivity contribution is -0.118. The number of anilines is 1. The summed E-state index contributed by atoms with van der Waals surface area (Å²) in [6.45, 7) is 7.44. The lowest BCUT2D eigenvalue weighted by Crippen LogP contribution is -2.40. The fraction of sp³-hybridized carbons (Fsp3) is 0.350.